The summed E-state index contributed by atoms with van der Waals surface area (Å²) in [5.41, 5.74) is 4.23. The van der Waals surface area contributed by atoms with Gasteiger partial charge in [-0.1, -0.05) is 18.2 Å². The third kappa shape index (κ3) is 3.52. The summed E-state index contributed by atoms with van der Waals surface area (Å²) in [6.07, 6.45) is -3.78. The predicted octanol–water partition coefficient (Wildman–Crippen LogP) is -1.72. The van der Waals surface area contributed by atoms with Gasteiger partial charge in [0.25, 0.3) is 0 Å². The van der Waals surface area contributed by atoms with E-state index < -0.39 is 37.3 Å². The first kappa shape index (κ1) is 17.0. The summed E-state index contributed by atoms with van der Waals surface area (Å²) in [7, 11) is 0. The summed E-state index contributed by atoms with van der Waals surface area (Å²) in [5.74, 6) is 0. The molecule has 122 valence electrons. The van der Waals surface area contributed by atoms with Crippen LogP contribution in [0.1, 0.15) is 0 Å². The highest BCUT2D eigenvalue weighted by Gasteiger charge is 2.54. The summed E-state index contributed by atoms with van der Waals surface area (Å²) in [5, 5.41) is 41.4. The van der Waals surface area contributed by atoms with Crippen molar-refractivity contribution in [2.45, 2.75) is 24.0 Å². The molecule has 0 radical (unpaired) electrons. The average Bonchev–Trinajstić information content (AvgIpc) is 2.79. The van der Waals surface area contributed by atoms with E-state index in [1.807, 2.05) is 30.3 Å². The van der Waals surface area contributed by atoms with Gasteiger partial charge in [0.15, 0.2) is 10.8 Å². The number of ether oxygens (including phenoxy) is 1. The van der Waals surface area contributed by atoms with Crippen molar-refractivity contribution in [3.8, 4) is 0 Å². The molecule has 1 aromatic carbocycles. The molecule has 1 saturated heterocycles. The second-order valence-corrected chi connectivity index (χ2v) is 5.30. The summed E-state index contributed by atoms with van der Waals surface area (Å²) in [6, 6.07) is 9.14. The summed E-state index contributed by atoms with van der Waals surface area (Å²) >= 11 is 5.08. The van der Waals surface area contributed by atoms with Crippen molar-refractivity contribution < 1.29 is 25.2 Å². The van der Waals surface area contributed by atoms with E-state index in [0.717, 1.165) is 5.69 Å². The molecule has 1 heterocycles. The van der Waals surface area contributed by atoms with Crippen LogP contribution in [0.25, 0.3) is 0 Å². The first-order valence-electron chi connectivity index (χ1n) is 6.67. The topological polar surface area (TPSA) is 126 Å². The van der Waals surface area contributed by atoms with Crippen molar-refractivity contribution in [2.24, 2.45) is 0 Å². The van der Waals surface area contributed by atoms with E-state index in [0.29, 0.717) is 0 Å². The van der Waals surface area contributed by atoms with Gasteiger partial charge < -0.3 is 30.5 Å². The molecule has 1 aromatic rings. The Labute approximate surface area is 132 Å². The van der Waals surface area contributed by atoms with Crippen molar-refractivity contribution in [3.63, 3.8) is 0 Å². The molecule has 2 rings (SSSR count). The van der Waals surface area contributed by atoms with Gasteiger partial charge in [0.05, 0.1) is 13.2 Å². The largest absolute Gasteiger partial charge is 0.394 e. The molecule has 1 aliphatic rings. The molecule has 0 saturated carbocycles. The van der Waals surface area contributed by atoms with E-state index >= 15 is 0 Å². The van der Waals surface area contributed by atoms with E-state index in [1.54, 1.807) is 0 Å². The Kier molecular flexibility index (Phi) is 5.64. The van der Waals surface area contributed by atoms with Crippen molar-refractivity contribution in [1.29, 1.82) is 0 Å². The highest BCUT2D eigenvalue weighted by atomic mass is 32.1. The highest BCUT2D eigenvalue weighted by Crippen LogP contribution is 2.28. The second kappa shape index (κ2) is 7.29. The van der Waals surface area contributed by atoms with E-state index in [4.69, 9.17) is 22.1 Å². The number of hydrogen-bond donors (Lipinski definition) is 7. The quantitative estimate of drug-likeness (QED) is 0.249. The van der Waals surface area contributed by atoms with E-state index in [-0.39, 0.29) is 5.11 Å². The summed E-state index contributed by atoms with van der Waals surface area (Å²) < 4.78 is 5.31. The average molecular weight is 329 g/mol. The molecule has 0 aromatic heterocycles. The number of nitrogens with one attached hydrogen (secondary N) is 3. The molecule has 4 unspecified atom stereocenters. The minimum absolute atomic E-state index is 0.178. The normalized spacial score (nSPS) is 31.0. The van der Waals surface area contributed by atoms with Crippen LogP contribution in [0, 0.1) is 0 Å². The fraction of sp³-hybridized carbons (Fsp3) is 0.462. The molecule has 0 aliphatic carbocycles. The fourth-order valence-corrected chi connectivity index (χ4v) is 2.32. The molecule has 8 nitrogen and oxygen atoms in total. The van der Waals surface area contributed by atoms with Crippen LogP contribution >= 0.6 is 12.2 Å². The maximum Gasteiger partial charge on any atom is 0.187 e. The van der Waals surface area contributed by atoms with Crippen molar-refractivity contribution in [2.75, 3.05) is 18.5 Å². The third-order valence-electron chi connectivity index (χ3n) is 3.38. The van der Waals surface area contributed by atoms with Crippen molar-refractivity contribution >= 4 is 23.0 Å². The number of para-hydroxylation sites is 1. The maximum atomic E-state index is 10.00. The Balaban J connectivity index is 1.95. The van der Waals surface area contributed by atoms with Gasteiger partial charge in [-0.05, 0) is 24.4 Å². The number of hydrazine groups is 1. The summed E-state index contributed by atoms with van der Waals surface area (Å²) in [4.78, 5) is 0. The Morgan fingerprint density at radius 1 is 1.23 bits per heavy atom. The lowest BCUT2D eigenvalue weighted by Crippen LogP contribution is -2.63. The maximum absolute atomic E-state index is 10.00. The number of aliphatic hydroxyl groups is 4. The predicted molar refractivity (Wildman–Crippen MR) is 82.7 cm³/mol. The third-order valence-corrected chi connectivity index (χ3v) is 3.58. The van der Waals surface area contributed by atoms with E-state index in [9.17, 15) is 15.3 Å². The Morgan fingerprint density at radius 3 is 2.45 bits per heavy atom. The van der Waals surface area contributed by atoms with Gasteiger partial charge in [0.1, 0.15) is 18.3 Å². The summed E-state index contributed by atoms with van der Waals surface area (Å²) in [6.45, 7) is -1.13. The number of thiocarbonyl (C=S) groups is 1. The molecule has 0 amide bonds. The molecular weight excluding hydrogens is 310 g/mol. The zero-order valence-electron chi connectivity index (χ0n) is 11.6. The Hall–Kier alpha value is -1.33. The van der Waals surface area contributed by atoms with Crippen LogP contribution in [0.4, 0.5) is 5.69 Å². The van der Waals surface area contributed by atoms with Crippen LogP contribution in [0.15, 0.2) is 30.3 Å². The zero-order chi connectivity index (χ0) is 16.2. The van der Waals surface area contributed by atoms with E-state index in [2.05, 4.69) is 16.2 Å². The van der Waals surface area contributed by atoms with Gasteiger partial charge in [-0.2, -0.15) is 5.43 Å². The molecule has 0 bridgehead atoms. The smallest absolute Gasteiger partial charge is 0.187 e. The first-order valence-corrected chi connectivity index (χ1v) is 7.08. The number of hydrogen-bond acceptors (Lipinski definition) is 7. The van der Waals surface area contributed by atoms with Crippen LogP contribution in [0.2, 0.25) is 0 Å². The minimum Gasteiger partial charge on any atom is -0.394 e. The van der Waals surface area contributed by atoms with Crippen LogP contribution < -0.4 is 16.2 Å². The van der Waals surface area contributed by atoms with Gasteiger partial charge in [-0.15, -0.1) is 0 Å². The Morgan fingerprint density at radius 2 is 1.91 bits per heavy atom. The van der Waals surface area contributed by atoms with Crippen LogP contribution in [0.3, 0.4) is 0 Å². The first-order chi connectivity index (χ1) is 10.5. The van der Waals surface area contributed by atoms with Crippen LogP contribution in [-0.2, 0) is 4.74 Å². The molecule has 22 heavy (non-hydrogen) atoms. The Bertz CT molecular complexity index is 506. The fourth-order valence-electron chi connectivity index (χ4n) is 2.15. The van der Waals surface area contributed by atoms with E-state index in [1.165, 1.54) is 0 Å². The molecule has 7 N–H and O–H groups in total. The second-order valence-electron chi connectivity index (χ2n) is 4.89. The monoisotopic (exact) mass is 329 g/mol. The highest BCUT2D eigenvalue weighted by molar-refractivity contribution is 7.80. The zero-order valence-corrected chi connectivity index (χ0v) is 12.5. The van der Waals surface area contributed by atoms with Crippen molar-refractivity contribution in [3.05, 3.63) is 30.3 Å². The van der Waals surface area contributed by atoms with Crippen LogP contribution in [0.5, 0.6) is 0 Å². The lowest BCUT2D eigenvalue weighted by Gasteiger charge is -2.31. The number of benzene rings is 1. The molecule has 9 heteroatoms. The molecule has 4 atom stereocenters. The van der Waals surface area contributed by atoms with Crippen LogP contribution in [-0.4, -0.2) is 62.8 Å². The van der Waals surface area contributed by atoms with Gasteiger partial charge in [0.2, 0.25) is 0 Å². The molecular formula is C13H19N3O5S. The number of anilines is 1. The molecule has 1 fully saturated rings. The number of rotatable bonds is 5. The minimum atomic E-state index is -1.67. The molecule has 0 spiro atoms. The van der Waals surface area contributed by atoms with Crippen molar-refractivity contribution in [1.82, 2.24) is 10.9 Å². The molecule has 1 aliphatic heterocycles. The lowest BCUT2D eigenvalue weighted by molar-refractivity contribution is -0.142. The lowest BCUT2D eigenvalue weighted by atomic mass is 10.0. The van der Waals surface area contributed by atoms with Gasteiger partial charge in [-0.25, -0.2) is 0 Å². The SMILES string of the molecule is OCC1OC(CO)(NNC(=S)Nc2ccccc2)C(O)C1O. The van der Waals surface area contributed by atoms with Gasteiger partial charge in [0, 0.05) is 5.69 Å². The standard InChI is InChI=1S/C13H19N3O5S/c17-6-9-10(19)11(20)13(7-18,21-9)16-15-12(22)14-8-4-2-1-3-5-8/h1-5,9-11,16-20H,6-7H2,(H2,14,15,22). The van der Waals surface area contributed by atoms with Gasteiger partial charge in [-0.3, -0.25) is 5.43 Å². The number of aliphatic hydroxyl groups excluding tert-OH is 4. The van der Waals surface area contributed by atoms with Gasteiger partial charge >= 0.3 is 0 Å².